The quantitative estimate of drug-likeness (QED) is 0.0212. The lowest BCUT2D eigenvalue weighted by atomic mass is 10.0. The second-order valence-corrected chi connectivity index (χ2v) is 18.8. The van der Waals surface area contributed by atoms with Gasteiger partial charge in [-0.15, -0.1) is 0 Å². The summed E-state index contributed by atoms with van der Waals surface area (Å²) < 4.78 is 22.8. The van der Waals surface area contributed by atoms with E-state index in [2.05, 4.69) is 50.3 Å². The number of hydrogen-bond acceptors (Lipinski definition) is 7. The normalized spacial score (nSPS) is 13.1. The number of likely N-dealkylation sites (N-methyl/N-ethyl adjacent to an activating group) is 1. The minimum Gasteiger partial charge on any atom is -0.477 e. The van der Waals surface area contributed by atoms with E-state index >= 15 is 0 Å². The van der Waals surface area contributed by atoms with E-state index in [1.165, 1.54) is 141 Å². The summed E-state index contributed by atoms with van der Waals surface area (Å²) in [5, 5.41) is 9.67. The number of hydrogen-bond donors (Lipinski definition) is 1. The predicted molar refractivity (Wildman–Crippen MR) is 263 cm³/mol. The highest BCUT2D eigenvalue weighted by atomic mass is 16.7. The van der Waals surface area contributed by atoms with Crippen LogP contribution in [0.5, 0.6) is 0 Å². The minimum atomic E-state index is -1.51. The van der Waals surface area contributed by atoms with Crippen LogP contribution in [0.3, 0.4) is 0 Å². The van der Waals surface area contributed by atoms with Gasteiger partial charge in [-0.1, -0.05) is 204 Å². The Balaban J connectivity index is 4.34. The molecule has 0 radical (unpaired) electrons. The molecule has 0 aliphatic carbocycles. The first-order chi connectivity index (χ1) is 30.6. The molecule has 0 fully saturated rings. The van der Waals surface area contributed by atoms with E-state index in [0.29, 0.717) is 23.9 Å². The number of carbonyl (C=O) groups is 3. The smallest absolute Gasteiger partial charge is 0.361 e. The standard InChI is InChI=1S/C54H99NO8/c1-6-8-10-12-14-16-18-20-22-24-26-28-30-32-34-36-38-40-42-44-51(56)61-48-50(49-62-54(53(58)59)60-47-46-55(3,4)5)63-52(57)45-43-41-39-37-35-33-31-29-27-25-23-21-19-17-15-13-11-9-7-2/h15,17,21,23,27,29,50,54H,6-14,16,18-20,22,24-26,28,30-49H2,1-5H3/p+1/b17-15-,23-21-,29-27-. The van der Waals surface area contributed by atoms with Crippen LogP contribution < -0.4 is 0 Å². The Morgan fingerprint density at radius 3 is 1.30 bits per heavy atom. The average molecular weight is 891 g/mol. The fourth-order valence-corrected chi connectivity index (χ4v) is 7.31. The summed E-state index contributed by atoms with van der Waals surface area (Å²) in [5.74, 6) is -2.01. The molecule has 0 amide bonds. The van der Waals surface area contributed by atoms with Gasteiger partial charge in [-0.2, -0.15) is 0 Å². The summed E-state index contributed by atoms with van der Waals surface area (Å²) in [7, 11) is 5.96. The van der Waals surface area contributed by atoms with E-state index in [-0.39, 0.29) is 32.2 Å². The molecule has 2 unspecified atom stereocenters. The molecule has 63 heavy (non-hydrogen) atoms. The zero-order valence-electron chi connectivity index (χ0n) is 41.7. The number of carboxylic acids is 1. The largest absolute Gasteiger partial charge is 0.477 e. The number of aliphatic carboxylic acids is 1. The van der Waals surface area contributed by atoms with Crippen LogP contribution >= 0.6 is 0 Å². The number of ether oxygens (including phenoxy) is 4. The fraction of sp³-hybridized carbons (Fsp3) is 0.833. The Bertz CT molecular complexity index is 1130. The molecule has 9 nitrogen and oxygen atoms in total. The van der Waals surface area contributed by atoms with Gasteiger partial charge < -0.3 is 28.5 Å². The zero-order chi connectivity index (χ0) is 46.3. The van der Waals surface area contributed by atoms with E-state index in [1.54, 1.807) is 0 Å². The van der Waals surface area contributed by atoms with E-state index in [0.717, 1.165) is 57.8 Å². The highest BCUT2D eigenvalue weighted by Crippen LogP contribution is 2.16. The van der Waals surface area contributed by atoms with Crippen LogP contribution in [0.25, 0.3) is 0 Å². The van der Waals surface area contributed by atoms with Crippen molar-refractivity contribution >= 4 is 17.9 Å². The van der Waals surface area contributed by atoms with Crippen LogP contribution in [0.4, 0.5) is 0 Å². The lowest BCUT2D eigenvalue weighted by Crippen LogP contribution is -2.40. The third kappa shape index (κ3) is 47.3. The lowest BCUT2D eigenvalue weighted by molar-refractivity contribution is -0.870. The maximum Gasteiger partial charge on any atom is 0.361 e. The Labute approximate surface area is 388 Å². The van der Waals surface area contributed by atoms with Crippen molar-refractivity contribution in [2.24, 2.45) is 0 Å². The SMILES string of the molecule is CCCCC/C=C\C/C=C\C/C=C\CCCCCCCCC(=O)OC(COC(=O)CCCCCCCCCCCCCCCCCCCCC)COC(OCC[N+](C)(C)C)C(=O)O. The van der Waals surface area contributed by atoms with E-state index in [9.17, 15) is 19.5 Å². The van der Waals surface area contributed by atoms with Crippen molar-refractivity contribution in [2.45, 2.75) is 245 Å². The van der Waals surface area contributed by atoms with Gasteiger partial charge in [0.2, 0.25) is 0 Å². The van der Waals surface area contributed by atoms with Crippen molar-refractivity contribution in [3.05, 3.63) is 36.5 Å². The number of nitrogens with zero attached hydrogens (tertiary/aromatic N) is 1. The van der Waals surface area contributed by atoms with Crippen LogP contribution in [0, 0.1) is 0 Å². The van der Waals surface area contributed by atoms with Gasteiger partial charge in [0.25, 0.3) is 6.29 Å². The molecule has 0 heterocycles. The highest BCUT2D eigenvalue weighted by Gasteiger charge is 2.25. The van der Waals surface area contributed by atoms with Crippen LogP contribution in [0.15, 0.2) is 36.5 Å². The molecular formula is C54H100NO8+. The van der Waals surface area contributed by atoms with Gasteiger partial charge in [0.05, 0.1) is 34.4 Å². The second kappa shape index (κ2) is 46.1. The molecule has 0 aliphatic heterocycles. The maximum absolute atomic E-state index is 12.8. The van der Waals surface area contributed by atoms with Crippen molar-refractivity contribution in [3.8, 4) is 0 Å². The van der Waals surface area contributed by atoms with Crippen molar-refractivity contribution in [1.82, 2.24) is 0 Å². The first-order valence-electron chi connectivity index (χ1n) is 26.2. The molecule has 0 aromatic rings. The maximum atomic E-state index is 12.8. The van der Waals surface area contributed by atoms with E-state index in [1.807, 2.05) is 21.1 Å². The molecule has 0 rings (SSSR count). The third-order valence-corrected chi connectivity index (χ3v) is 11.4. The van der Waals surface area contributed by atoms with E-state index in [4.69, 9.17) is 18.9 Å². The molecule has 0 saturated heterocycles. The molecule has 368 valence electrons. The number of quaternary nitrogens is 1. The highest BCUT2D eigenvalue weighted by molar-refractivity contribution is 5.71. The fourth-order valence-electron chi connectivity index (χ4n) is 7.31. The van der Waals surface area contributed by atoms with Crippen LogP contribution in [0.2, 0.25) is 0 Å². The Kier molecular flexibility index (Phi) is 44.2. The van der Waals surface area contributed by atoms with Gasteiger partial charge in [-0.3, -0.25) is 9.59 Å². The molecule has 1 N–H and O–H groups in total. The van der Waals surface area contributed by atoms with Crippen molar-refractivity contribution in [3.63, 3.8) is 0 Å². The van der Waals surface area contributed by atoms with Gasteiger partial charge in [-0.05, 0) is 51.4 Å². The van der Waals surface area contributed by atoms with Gasteiger partial charge >= 0.3 is 17.9 Å². The summed E-state index contributed by atoms with van der Waals surface area (Å²) in [6.45, 7) is 4.86. The third-order valence-electron chi connectivity index (χ3n) is 11.4. The van der Waals surface area contributed by atoms with Crippen molar-refractivity contribution in [2.75, 3.05) is 47.5 Å². The molecule has 0 aliphatic rings. The molecular weight excluding hydrogens is 791 g/mol. The number of unbranched alkanes of at least 4 members (excludes halogenated alkanes) is 27. The number of carboxylic acid groups (broad SMARTS) is 1. The second-order valence-electron chi connectivity index (χ2n) is 18.8. The van der Waals surface area contributed by atoms with Gasteiger partial charge in [0.1, 0.15) is 13.2 Å². The summed E-state index contributed by atoms with van der Waals surface area (Å²) in [6, 6.07) is 0. The Hall–Kier alpha value is -2.49. The van der Waals surface area contributed by atoms with E-state index < -0.39 is 24.3 Å². The molecule has 0 saturated carbocycles. The van der Waals surface area contributed by atoms with Crippen LogP contribution in [-0.4, -0.2) is 87.4 Å². The van der Waals surface area contributed by atoms with Gasteiger partial charge in [-0.25, -0.2) is 4.79 Å². The predicted octanol–water partition coefficient (Wildman–Crippen LogP) is 14.6. The Morgan fingerprint density at radius 2 is 0.857 bits per heavy atom. The summed E-state index contributed by atoms with van der Waals surface area (Å²) >= 11 is 0. The topological polar surface area (TPSA) is 108 Å². The Morgan fingerprint density at radius 1 is 0.476 bits per heavy atom. The molecule has 0 bridgehead atoms. The average Bonchev–Trinajstić information content (AvgIpc) is 3.24. The minimum absolute atomic E-state index is 0.184. The van der Waals surface area contributed by atoms with Gasteiger partial charge in [0.15, 0.2) is 6.10 Å². The molecule has 0 aromatic heterocycles. The first-order valence-corrected chi connectivity index (χ1v) is 26.2. The summed E-state index contributed by atoms with van der Waals surface area (Å²) in [5.41, 5.74) is 0. The lowest BCUT2D eigenvalue weighted by Gasteiger charge is -2.25. The molecule has 0 aromatic carbocycles. The summed E-state index contributed by atoms with van der Waals surface area (Å²) in [4.78, 5) is 37.3. The van der Waals surface area contributed by atoms with Gasteiger partial charge in [0, 0.05) is 12.8 Å². The summed E-state index contributed by atoms with van der Waals surface area (Å²) in [6.07, 6.45) is 50.6. The van der Waals surface area contributed by atoms with Crippen LogP contribution in [-0.2, 0) is 33.3 Å². The number of carbonyl (C=O) groups excluding carboxylic acids is 2. The zero-order valence-corrected chi connectivity index (χ0v) is 41.7. The molecule has 9 heteroatoms. The number of rotatable bonds is 48. The van der Waals surface area contributed by atoms with Crippen molar-refractivity contribution < 1.29 is 42.9 Å². The molecule has 0 spiro atoms. The number of allylic oxidation sites excluding steroid dienone is 6. The monoisotopic (exact) mass is 891 g/mol. The molecule has 2 atom stereocenters. The van der Waals surface area contributed by atoms with Crippen LogP contribution in [0.1, 0.15) is 232 Å². The number of esters is 2. The van der Waals surface area contributed by atoms with Crippen molar-refractivity contribution in [1.29, 1.82) is 0 Å². The first kappa shape index (κ1) is 60.5.